The van der Waals surface area contributed by atoms with E-state index in [0.29, 0.717) is 11.6 Å². The average Bonchev–Trinajstić information content (AvgIpc) is 3.21. The lowest BCUT2D eigenvalue weighted by atomic mass is 9.98. The molecule has 1 aromatic carbocycles. The van der Waals surface area contributed by atoms with E-state index in [-0.39, 0.29) is 23.2 Å². The summed E-state index contributed by atoms with van der Waals surface area (Å²) in [4.78, 5) is 27.8. The zero-order chi connectivity index (χ0) is 28.7. The van der Waals surface area contributed by atoms with Crippen molar-refractivity contribution in [3.8, 4) is 0 Å². The molecule has 220 valence electrons. The predicted octanol–water partition coefficient (Wildman–Crippen LogP) is 3.47. The number of anilines is 3. The molecule has 3 aromatic rings. The Bertz CT molecular complexity index is 1560. The van der Waals surface area contributed by atoms with Gasteiger partial charge >= 0.3 is 0 Å². The van der Waals surface area contributed by atoms with E-state index in [9.17, 15) is 13.2 Å². The number of nitrogens with one attached hydrogen (secondary N) is 1. The van der Waals surface area contributed by atoms with Gasteiger partial charge in [-0.25, -0.2) is 13.4 Å². The maximum Gasteiger partial charge on any atom is 0.256 e. The van der Waals surface area contributed by atoms with Gasteiger partial charge in [0.2, 0.25) is 10.0 Å². The molecular formula is C28H37ClN8O3S. The molecule has 0 radical (unpaired) electrons. The molecule has 1 N–H and O–H groups in total. The minimum absolute atomic E-state index is 0.218. The third-order valence-corrected chi connectivity index (χ3v) is 9.08. The van der Waals surface area contributed by atoms with Crippen molar-refractivity contribution in [1.82, 2.24) is 24.4 Å². The fourth-order valence-corrected chi connectivity index (χ4v) is 6.70. The summed E-state index contributed by atoms with van der Waals surface area (Å²) in [5.74, 6) is 1.72. The van der Waals surface area contributed by atoms with Crippen LogP contribution in [0.25, 0.3) is 5.65 Å². The largest absolute Gasteiger partial charge is 0.356 e. The summed E-state index contributed by atoms with van der Waals surface area (Å²) >= 11 is 6.26. The second kappa shape index (κ2) is 11.3. The first-order valence-electron chi connectivity index (χ1n) is 14.3. The molecule has 5 heterocycles. The Balaban J connectivity index is 1.38. The van der Waals surface area contributed by atoms with Gasteiger partial charge in [-0.2, -0.15) is 9.61 Å². The summed E-state index contributed by atoms with van der Waals surface area (Å²) < 4.78 is 28.5. The number of carbonyl (C=O) groups excluding carboxylic acids is 1. The molecule has 1 atom stereocenters. The topological polar surface area (TPSA) is 106 Å². The van der Waals surface area contributed by atoms with Gasteiger partial charge in [0.25, 0.3) is 5.91 Å². The van der Waals surface area contributed by atoms with Gasteiger partial charge in [0.05, 0.1) is 29.2 Å². The number of likely N-dealkylation sites (N-methyl/N-ethyl adjacent to an activating group) is 1. The predicted molar refractivity (Wildman–Crippen MR) is 162 cm³/mol. The number of fused-ring (bicyclic) bond motifs is 1. The van der Waals surface area contributed by atoms with E-state index in [1.54, 1.807) is 11.0 Å². The van der Waals surface area contributed by atoms with Crippen LogP contribution in [-0.4, -0.2) is 97.8 Å². The number of rotatable bonds is 6. The molecule has 0 aliphatic carbocycles. The Morgan fingerprint density at radius 1 is 0.951 bits per heavy atom. The minimum atomic E-state index is -3.59. The summed E-state index contributed by atoms with van der Waals surface area (Å²) in [6.07, 6.45) is 5.88. The highest BCUT2D eigenvalue weighted by Gasteiger charge is 2.33. The zero-order valence-electron chi connectivity index (χ0n) is 23.6. The number of hydrogen-bond acceptors (Lipinski definition) is 8. The number of carbonyl (C=O) groups is 1. The normalized spacial score (nSPS) is 20.7. The van der Waals surface area contributed by atoms with Gasteiger partial charge in [-0.1, -0.05) is 11.6 Å². The SMILES string of the molecule is CN1CCCN(c2cc(N3CCC3)nc3cc([C@@H]4CCCCN4C(=O)c4cc(Cl)ccc4NS(C)(=O)=O)nn23)CC1. The molecule has 0 unspecified atom stereocenters. The highest BCUT2D eigenvalue weighted by Crippen LogP contribution is 2.35. The third kappa shape index (κ3) is 5.96. The molecule has 0 saturated carbocycles. The van der Waals surface area contributed by atoms with Crippen molar-refractivity contribution in [3.05, 3.63) is 46.6 Å². The van der Waals surface area contributed by atoms with Crippen molar-refractivity contribution in [2.24, 2.45) is 0 Å². The first kappa shape index (κ1) is 28.0. The van der Waals surface area contributed by atoms with E-state index in [4.69, 9.17) is 21.7 Å². The lowest BCUT2D eigenvalue weighted by molar-refractivity contribution is 0.0607. The molecule has 3 aliphatic heterocycles. The Labute approximate surface area is 246 Å². The van der Waals surface area contributed by atoms with Crippen LogP contribution in [0.5, 0.6) is 0 Å². The lowest BCUT2D eigenvalue weighted by Gasteiger charge is -2.35. The van der Waals surface area contributed by atoms with Crippen molar-refractivity contribution in [3.63, 3.8) is 0 Å². The first-order valence-corrected chi connectivity index (χ1v) is 16.6. The number of halogens is 1. The molecule has 41 heavy (non-hydrogen) atoms. The van der Waals surface area contributed by atoms with Crippen molar-refractivity contribution in [2.45, 2.75) is 38.1 Å². The second-order valence-corrected chi connectivity index (χ2v) is 13.6. The van der Waals surface area contributed by atoms with Gasteiger partial charge in [-0.3, -0.25) is 9.52 Å². The molecule has 3 fully saturated rings. The van der Waals surface area contributed by atoms with E-state index >= 15 is 0 Å². The van der Waals surface area contributed by atoms with E-state index in [0.717, 1.165) is 94.2 Å². The highest BCUT2D eigenvalue weighted by molar-refractivity contribution is 7.92. The molecule has 3 aliphatic rings. The van der Waals surface area contributed by atoms with Crippen LogP contribution in [0.4, 0.5) is 17.3 Å². The summed E-state index contributed by atoms with van der Waals surface area (Å²) in [7, 11) is -1.43. The zero-order valence-corrected chi connectivity index (χ0v) is 25.2. The number of nitrogens with zero attached hydrogens (tertiary/aromatic N) is 7. The molecule has 11 nitrogen and oxygen atoms in total. The Morgan fingerprint density at radius 3 is 2.49 bits per heavy atom. The number of sulfonamides is 1. The summed E-state index contributed by atoms with van der Waals surface area (Å²) in [5, 5.41) is 5.45. The van der Waals surface area contributed by atoms with E-state index in [1.807, 2.05) is 10.6 Å². The fourth-order valence-electron chi connectivity index (χ4n) is 5.95. The van der Waals surface area contributed by atoms with Crippen molar-refractivity contribution >= 4 is 50.5 Å². The van der Waals surface area contributed by atoms with E-state index in [2.05, 4.69) is 32.5 Å². The smallest absolute Gasteiger partial charge is 0.256 e. The summed E-state index contributed by atoms with van der Waals surface area (Å²) in [5.41, 5.74) is 2.01. The van der Waals surface area contributed by atoms with Crippen LogP contribution < -0.4 is 14.5 Å². The minimum Gasteiger partial charge on any atom is -0.356 e. The quantitative estimate of drug-likeness (QED) is 0.458. The molecule has 0 spiro atoms. The lowest BCUT2D eigenvalue weighted by Crippen LogP contribution is -2.39. The molecule has 13 heteroatoms. The third-order valence-electron chi connectivity index (χ3n) is 8.25. The first-order chi connectivity index (χ1) is 19.7. The van der Waals surface area contributed by atoms with Gasteiger partial charge in [0.1, 0.15) is 11.6 Å². The van der Waals surface area contributed by atoms with Crippen molar-refractivity contribution < 1.29 is 13.2 Å². The van der Waals surface area contributed by atoms with Crippen LogP contribution in [0.15, 0.2) is 30.3 Å². The Kier molecular flexibility index (Phi) is 7.73. The molecule has 1 amide bonds. The molecule has 6 rings (SSSR count). The second-order valence-electron chi connectivity index (χ2n) is 11.4. The molecule has 2 aromatic heterocycles. The number of aromatic nitrogens is 3. The van der Waals surface area contributed by atoms with Crippen LogP contribution in [0, 0.1) is 0 Å². The van der Waals surface area contributed by atoms with Gasteiger partial charge in [0, 0.05) is 56.4 Å². The summed E-state index contributed by atoms with van der Waals surface area (Å²) in [6.45, 7) is 6.43. The number of benzene rings is 1. The van der Waals surface area contributed by atoms with Gasteiger partial charge < -0.3 is 19.6 Å². The highest BCUT2D eigenvalue weighted by atomic mass is 35.5. The standard InChI is InChI=1S/C28H37ClN8O3S/c1-33-10-5-13-35(16-15-33)27-19-25(34-11-6-12-34)30-26-18-23(31-37(26)27)24-7-3-4-14-36(24)28(38)21-17-20(29)8-9-22(21)32-41(2,39)40/h8-9,17-19,24,32H,3-7,10-16H2,1-2H3/t24-/m0/s1. The van der Waals surface area contributed by atoms with Crippen LogP contribution >= 0.6 is 11.6 Å². The Hall–Kier alpha value is -3.09. The van der Waals surface area contributed by atoms with Crippen LogP contribution in [0.3, 0.4) is 0 Å². The number of piperidine rings is 1. The monoisotopic (exact) mass is 600 g/mol. The van der Waals surface area contributed by atoms with Crippen molar-refractivity contribution in [2.75, 3.05) is 73.6 Å². The number of hydrogen-bond donors (Lipinski definition) is 1. The molecule has 3 saturated heterocycles. The number of amides is 1. The number of likely N-dealkylation sites (tertiary alicyclic amines) is 1. The average molecular weight is 601 g/mol. The fraction of sp³-hybridized carbons (Fsp3) is 0.536. The maximum absolute atomic E-state index is 14.0. The van der Waals surface area contributed by atoms with Gasteiger partial charge in [-0.05, 0) is 63.9 Å². The van der Waals surface area contributed by atoms with Crippen molar-refractivity contribution in [1.29, 1.82) is 0 Å². The molecule has 0 bridgehead atoms. The summed E-state index contributed by atoms with van der Waals surface area (Å²) in [6, 6.07) is 8.55. The van der Waals surface area contributed by atoms with E-state index < -0.39 is 10.0 Å². The van der Waals surface area contributed by atoms with E-state index in [1.165, 1.54) is 18.6 Å². The molecular weight excluding hydrogens is 564 g/mol. The maximum atomic E-state index is 14.0. The Morgan fingerprint density at radius 2 is 1.73 bits per heavy atom. The van der Waals surface area contributed by atoms with Crippen LogP contribution in [0.1, 0.15) is 54.2 Å². The van der Waals surface area contributed by atoms with Gasteiger partial charge in [-0.15, -0.1) is 0 Å². The van der Waals surface area contributed by atoms with Gasteiger partial charge in [0.15, 0.2) is 5.65 Å². The van der Waals surface area contributed by atoms with Crippen LogP contribution in [0.2, 0.25) is 5.02 Å². The van der Waals surface area contributed by atoms with Crippen LogP contribution in [-0.2, 0) is 10.0 Å².